The van der Waals surface area contributed by atoms with Crippen molar-refractivity contribution in [3.8, 4) is 5.75 Å². The van der Waals surface area contributed by atoms with Gasteiger partial charge >= 0.3 is 0 Å². The molecular weight excluding hydrogens is 374 g/mol. The Hall–Kier alpha value is -3.16. The van der Waals surface area contributed by atoms with E-state index < -0.39 is 17.7 Å². The second kappa shape index (κ2) is 8.89. The molecule has 1 saturated heterocycles. The first kappa shape index (κ1) is 20.6. The number of ether oxygens (including phenoxy) is 1. The minimum absolute atomic E-state index is 0.0139. The van der Waals surface area contributed by atoms with Gasteiger partial charge in [-0.3, -0.25) is 9.59 Å². The molecule has 29 heavy (non-hydrogen) atoms. The van der Waals surface area contributed by atoms with Crippen molar-refractivity contribution in [3.63, 3.8) is 0 Å². The zero-order valence-corrected chi connectivity index (χ0v) is 16.0. The molecule has 0 radical (unpaired) electrons. The number of Topliss-reactive ketones (excluding diaryl/α,β-unsaturated/α-hetero) is 1. The van der Waals surface area contributed by atoms with Gasteiger partial charge in [0, 0.05) is 12.1 Å². The number of hydrogen-bond donors (Lipinski definition) is 3. The molecule has 0 spiro atoms. The Morgan fingerprint density at radius 1 is 1.10 bits per heavy atom. The molecule has 1 aliphatic heterocycles. The van der Waals surface area contributed by atoms with Crippen molar-refractivity contribution in [3.05, 3.63) is 70.8 Å². The van der Waals surface area contributed by atoms with Crippen LogP contribution in [0.5, 0.6) is 5.75 Å². The topological polar surface area (TPSA) is 107 Å². The predicted octanol–water partition coefficient (Wildman–Crippen LogP) is 2.13. The van der Waals surface area contributed by atoms with Crippen LogP contribution in [0.1, 0.15) is 22.7 Å². The van der Waals surface area contributed by atoms with Crippen molar-refractivity contribution < 1.29 is 29.6 Å². The highest BCUT2D eigenvalue weighted by molar-refractivity contribution is 6.46. The fourth-order valence-corrected chi connectivity index (χ4v) is 3.35. The number of carbonyl (C=O) groups excluding carboxylic acids is 2. The Labute approximate surface area is 168 Å². The van der Waals surface area contributed by atoms with E-state index in [4.69, 9.17) is 9.84 Å². The third-order valence-corrected chi connectivity index (χ3v) is 4.76. The van der Waals surface area contributed by atoms with E-state index in [2.05, 4.69) is 0 Å². The molecule has 7 nitrogen and oxygen atoms in total. The van der Waals surface area contributed by atoms with Crippen LogP contribution in [0, 0.1) is 6.92 Å². The quantitative estimate of drug-likeness (QED) is 0.286. The molecular formula is C22H23NO6. The Bertz CT molecular complexity index is 935. The minimum Gasteiger partial charge on any atom is -0.508 e. The lowest BCUT2D eigenvalue weighted by Gasteiger charge is -2.25. The molecule has 1 fully saturated rings. The van der Waals surface area contributed by atoms with Gasteiger partial charge in [0.2, 0.25) is 0 Å². The summed E-state index contributed by atoms with van der Waals surface area (Å²) in [6, 6.07) is 12.3. The summed E-state index contributed by atoms with van der Waals surface area (Å²) in [5.74, 6) is -1.83. The van der Waals surface area contributed by atoms with Gasteiger partial charge in [-0.15, -0.1) is 0 Å². The van der Waals surface area contributed by atoms with Gasteiger partial charge in [0.25, 0.3) is 11.7 Å². The molecule has 2 aromatic rings. The highest BCUT2D eigenvalue weighted by atomic mass is 16.5. The first-order valence-electron chi connectivity index (χ1n) is 9.27. The molecule has 3 N–H and O–H groups in total. The van der Waals surface area contributed by atoms with Crippen LogP contribution < -0.4 is 0 Å². The maximum atomic E-state index is 12.8. The summed E-state index contributed by atoms with van der Waals surface area (Å²) in [6.07, 6.45) is 0. The Morgan fingerprint density at radius 3 is 2.48 bits per heavy atom. The number of carbonyl (C=O) groups is 2. The molecule has 3 rings (SSSR count). The average Bonchev–Trinajstić information content (AvgIpc) is 2.96. The van der Waals surface area contributed by atoms with Gasteiger partial charge in [0.1, 0.15) is 11.5 Å². The number of aliphatic hydroxyl groups is 2. The number of aryl methyl sites for hydroxylation is 1. The number of aliphatic hydroxyl groups excluding tert-OH is 2. The monoisotopic (exact) mass is 397 g/mol. The molecule has 7 heteroatoms. The van der Waals surface area contributed by atoms with Crippen molar-refractivity contribution in [1.82, 2.24) is 4.90 Å². The molecule has 152 valence electrons. The van der Waals surface area contributed by atoms with Crippen LogP contribution in [0.2, 0.25) is 0 Å². The van der Waals surface area contributed by atoms with Crippen molar-refractivity contribution in [2.24, 2.45) is 0 Å². The lowest BCUT2D eigenvalue weighted by molar-refractivity contribution is -0.140. The van der Waals surface area contributed by atoms with Crippen LogP contribution in [0.3, 0.4) is 0 Å². The van der Waals surface area contributed by atoms with E-state index in [0.717, 1.165) is 5.56 Å². The summed E-state index contributed by atoms with van der Waals surface area (Å²) < 4.78 is 5.25. The van der Waals surface area contributed by atoms with E-state index >= 15 is 0 Å². The van der Waals surface area contributed by atoms with Crippen LogP contribution in [0.25, 0.3) is 5.76 Å². The molecule has 1 heterocycles. The predicted molar refractivity (Wildman–Crippen MR) is 106 cm³/mol. The van der Waals surface area contributed by atoms with Crippen molar-refractivity contribution >= 4 is 17.4 Å². The van der Waals surface area contributed by atoms with E-state index in [1.807, 2.05) is 6.92 Å². The zero-order valence-electron chi connectivity index (χ0n) is 16.0. The van der Waals surface area contributed by atoms with Gasteiger partial charge < -0.3 is 25.0 Å². The van der Waals surface area contributed by atoms with Gasteiger partial charge in [-0.05, 0) is 24.6 Å². The van der Waals surface area contributed by atoms with Gasteiger partial charge in [-0.2, -0.15) is 0 Å². The number of amides is 1. The van der Waals surface area contributed by atoms with E-state index in [1.165, 1.54) is 17.0 Å². The second-order valence-electron chi connectivity index (χ2n) is 6.79. The third kappa shape index (κ3) is 4.31. The molecule has 0 saturated carbocycles. The Morgan fingerprint density at radius 2 is 1.83 bits per heavy atom. The average molecular weight is 397 g/mol. The van der Waals surface area contributed by atoms with E-state index in [-0.39, 0.29) is 43.4 Å². The van der Waals surface area contributed by atoms with Crippen LogP contribution in [-0.4, -0.2) is 58.3 Å². The zero-order chi connectivity index (χ0) is 21.0. The summed E-state index contributed by atoms with van der Waals surface area (Å²) in [6.45, 7) is 2.08. The number of ketones is 1. The fourth-order valence-electron chi connectivity index (χ4n) is 3.35. The molecule has 1 unspecified atom stereocenters. The smallest absolute Gasteiger partial charge is 0.295 e. The molecule has 0 aliphatic carbocycles. The van der Waals surface area contributed by atoms with Crippen LogP contribution in [0.4, 0.5) is 0 Å². The molecule has 0 aromatic heterocycles. The number of phenols is 1. The molecule has 2 aromatic carbocycles. The maximum absolute atomic E-state index is 12.8. The Kier molecular flexibility index (Phi) is 6.31. The first-order valence-corrected chi connectivity index (χ1v) is 9.27. The summed E-state index contributed by atoms with van der Waals surface area (Å²) in [7, 11) is 0. The summed E-state index contributed by atoms with van der Waals surface area (Å²) >= 11 is 0. The number of rotatable bonds is 7. The maximum Gasteiger partial charge on any atom is 0.295 e. The number of nitrogens with zero attached hydrogens (tertiary/aromatic N) is 1. The van der Waals surface area contributed by atoms with Crippen molar-refractivity contribution in [2.45, 2.75) is 13.0 Å². The standard InChI is InChI=1S/C22H23NO6/c1-14-5-7-15(8-6-14)20(26)18-19(16-3-2-4-17(25)13-16)23(22(28)21(18)27)9-11-29-12-10-24/h2-8,13,19,24-26H,9-12H2,1H3/b20-18+. The number of likely N-dealkylation sites (tertiary alicyclic amines) is 1. The van der Waals surface area contributed by atoms with Crippen molar-refractivity contribution in [1.29, 1.82) is 0 Å². The minimum atomic E-state index is -0.860. The van der Waals surface area contributed by atoms with E-state index in [9.17, 15) is 19.8 Å². The first-order chi connectivity index (χ1) is 13.9. The molecule has 1 aliphatic rings. The van der Waals surface area contributed by atoms with Crippen LogP contribution >= 0.6 is 0 Å². The van der Waals surface area contributed by atoms with Crippen LogP contribution in [0.15, 0.2) is 54.1 Å². The molecule has 1 amide bonds. The highest BCUT2D eigenvalue weighted by Crippen LogP contribution is 2.39. The largest absolute Gasteiger partial charge is 0.508 e. The number of phenolic OH excluding ortho intramolecular Hbond substituents is 1. The second-order valence-corrected chi connectivity index (χ2v) is 6.79. The van der Waals surface area contributed by atoms with E-state index in [0.29, 0.717) is 11.1 Å². The third-order valence-electron chi connectivity index (χ3n) is 4.76. The molecule has 0 bridgehead atoms. The van der Waals surface area contributed by atoms with E-state index in [1.54, 1.807) is 36.4 Å². The van der Waals surface area contributed by atoms with Crippen LogP contribution in [-0.2, 0) is 14.3 Å². The SMILES string of the molecule is Cc1ccc(/C(O)=C2\C(=O)C(=O)N(CCOCCO)C2c2cccc(O)c2)cc1. The van der Waals surface area contributed by atoms with Gasteiger partial charge in [-0.1, -0.05) is 42.0 Å². The number of aromatic hydroxyl groups is 1. The fraction of sp³-hybridized carbons (Fsp3) is 0.273. The highest BCUT2D eigenvalue weighted by Gasteiger charge is 2.45. The molecule has 1 atom stereocenters. The van der Waals surface area contributed by atoms with Gasteiger partial charge in [-0.25, -0.2) is 0 Å². The number of hydrogen-bond acceptors (Lipinski definition) is 6. The number of benzene rings is 2. The summed E-state index contributed by atoms with van der Waals surface area (Å²) in [5.41, 5.74) is 1.88. The van der Waals surface area contributed by atoms with Crippen molar-refractivity contribution in [2.75, 3.05) is 26.4 Å². The Balaban J connectivity index is 2.07. The van der Waals surface area contributed by atoms with Gasteiger partial charge in [0.05, 0.1) is 31.4 Å². The normalized spacial score (nSPS) is 18.4. The summed E-state index contributed by atoms with van der Waals surface area (Å²) in [5, 5.41) is 29.6. The summed E-state index contributed by atoms with van der Waals surface area (Å²) in [4.78, 5) is 26.8. The van der Waals surface area contributed by atoms with Gasteiger partial charge in [0.15, 0.2) is 0 Å². The lowest BCUT2D eigenvalue weighted by atomic mass is 9.95. The lowest BCUT2D eigenvalue weighted by Crippen LogP contribution is -2.33.